The number of ether oxygens (including phenoxy) is 1. The molecule has 1 saturated heterocycles. The van der Waals surface area contributed by atoms with Crippen molar-refractivity contribution in [3.8, 4) is 0 Å². The maximum Gasteiger partial charge on any atom is 0.416 e. The molecule has 0 spiro atoms. The van der Waals surface area contributed by atoms with Gasteiger partial charge in [-0.15, -0.1) is 0 Å². The number of rotatable bonds is 5. The van der Waals surface area contributed by atoms with Gasteiger partial charge in [-0.2, -0.15) is 13.2 Å². The number of nitrogens with zero attached hydrogens (tertiary/aromatic N) is 1. The van der Waals surface area contributed by atoms with E-state index < -0.39 is 11.7 Å². The van der Waals surface area contributed by atoms with Crippen LogP contribution in [0.3, 0.4) is 0 Å². The SMILES string of the molecule is O=C(NCC(c1ccc(C(F)(F)F)cc1)N1CCOCC1)c1ccoc1. The van der Waals surface area contributed by atoms with Crippen molar-refractivity contribution in [2.45, 2.75) is 12.2 Å². The molecule has 0 bridgehead atoms. The second-order valence-electron chi connectivity index (χ2n) is 6.01. The molecule has 1 unspecified atom stereocenters. The van der Waals surface area contributed by atoms with Crippen molar-refractivity contribution < 1.29 is 27.1 Å². The summed E-state index contributed by atoms with van der Waals surface area (Å²) in [6.45, 7) is 2.66. The second-order valence-corrected chi connectivity index (χ2v) is 6.01. The lowest BCUT2D eigenvalue weighted by molar-refractivity contribution is -0.137. The third-order valence-electron chi connectivity index (χ3n) is 4.35. The molecule has 140 valence electrons. The number of alkyl halides is 3. The lowest BCUT2D eigenvalue weighted by Gasteiger charge is -2.35. The molecule has 8 heteroatoms. The molecule has 1 fully saturated rings. The Morgan fingerprint density at radius 2 is 1.85 bits per heavy atom. The molecular weight excluding hydrogens is 349 g/mol. The van der Waals surface area contributed by atoms with E-state index in [1.54, 1.807) is 6.07 Å². The van der Waals surface area contributed by atoms with E-state index in [1.807, 2.05) is 0 Å². The van der Waals surface area contributed by atoms with Gasteiger partial charge < -0.3 is 14.5 Å². The Labute approximate surface area is 148 Å². The van der Waals surface area contributed by atoms with E-state index in [9.17, 15) is 18.0 Å². The number of hydrogen-bond acceptors (Lipinski definition) is 4. The lowest BCUT2D eigenvalue weighted by atomic mass is 10.0. The first kappa shape index (κ1) is 18.5. The summed E-state index contributed by atoms with van der Waals surface area (Å²) in [5, 5.41) is 2.82. The average Bonchev–Trinajstić information content (AvgIpc) is 3.17. The summed E-state index contributed by atoms with van der Waals surface area (Å²) >= 11 is 0. The standard InChI is InChI=1S/C18H19F3N2O3/c19-18(20,21)15-3-1-13(2-4-15)16(23-6-9-25-10-7-23)11-22-17(24)14-5-8-26-12-14/h1-5,8,12,16H,6-7,9-11H2,(H,22,24). The lowest BCUT2D eigenvalue weighted by Crippen LogP contribution is -2.43. The van der Waals surface area contributed by atoms with E-state index in [4.69, 9.17) is 9.15 Å². The predicted molar refractivity (Wildman–Crippen MR) is 87.6 cm³/mol. The molecule has 1 atom stereocenters. The molecule has 26 heavy (non-hydrogen) atoms. The van der Waals surface area contributed by atoms with Gasteiger partial charge >= 0.3 is 6.18 Å². The van der Waals surface area contributed by atoms with Gasteiger partial charge in [-0.05, 0) is 23.8 Å². The zero-order chi connectivity index (χ0) is 18.6. The minimum atomic E-state index is -4.37. The minimum absolute atomic E-state index is 0.239. The largest absolute Gasteiger partial charge is 0.472 e. The number of carbonyl (C=O) groups excluding carboxylic acids is 1. The molecule has 0 saturated carbocycles. The Morgan fingerprint density at radius 3 is 2.42 bits per heavy atom. The third-order valence-corrected chi connectivity index (χ3v) is 4.35. The van der Waals surface area contributed by atoms with Crippen LogP contribution in [-0.4, -0.2) is 43.7 Å². The van der Waals surface area contributed by atoms with Crippen LogP contribution in [0.5, 0.6) is 0 Å². The van der Waals surface area contributed by atoms with Crippen LogP contribution in [-0.2, 0) is 10.9 Å². The highest BCUT2D eigenvalue weighted by molar-refractivity contribution is 5.93. The fourth-order valence-electron chi connectivity index (χ4n) is 2.93. The first-order valence-corrected chi connectivity index (χ1v) is 8.24. The van der Waals surface area contributed by atoms with Gasteiger partial charge in [0.15, 0.2) is 0 Å². The van der Waals surface area contributed by atoms with Crippen molar-refractivity contribution in [1.82, 2.24) is 10.2 Å². The molecule has 0 radical (unpaired) electrons. The van der Waals surface area contributed by atoms with E-state index in [1.165, 1.54) is 24.7 Å². The topological polar surface area (TPSA) is 54.7 Å². The Hall–Kier alpha value is -2.32. The van der Waals surface area contributed by atoms with Crippen molar-refractivity contribution in [1.29, 1.82) is 0 Å². The maximum atomic E-state index is 12.8. The van der Waals surface area contributed by atoms with E-state index in [-0.39, 0.29) is 18.5 Å². The molecule has 2 aromatic rings. The fourth-order valence-corrected chi connectivity index (χ4v) is 2.93. The van der Waals surface area contributed by atoms with Crippen LogP contribution >= 0.6 is 0 Å². The third kappa shape index (κ3) is 4.44. The van der Waals surface area contributed by atoms with E-state index in [2.05, 4.69) is 10.2 Å². The summed E-state index contributed by atoms with van der Waals surface area (Å²) in [7, 11) is 0. The summed E-state index contributed by atoms with van der Waals surface area (Å²) in [6.07, 6.45) is -1.62. The summed E-state index contributed by atoms with van der Waals surface area (Å²) in [5.74, 6) is -0.288. The number of nitrogens with one attached hydrogen (secondary N) is 1. The van der Waals surface area contributed by atoms with Gasteiger partial charge in [0.05, 0.1) is 36.6 Å². The minimum Gasteiger partial charge on any atom is -0.472 e. The van der Waals surface area contributed by atoms with Crippen molar-refractivity contribution in [2.75, 3.05) is 32.8 Å². The molecule has 1 aliphatic rings. The average molecular weight is 368 g/mol. The maximum absolute atomic E-state index is 12.8. The highest BCUT2D eigenvalue weighted by Crippen LogP contribution is 2.31. The Balaban J connectivity index is 1.75. The van der Waals surface area contributed by atoms with E-state index in [0.29, 0.717) is 37.4 Å². The number of hydrogen-bond donors (Lipinski definition) is 1. The van der Waals surface area contributed by atoms with Gasteiger partial charge in [-0.3, -0.25) is 9.69 Å². The number of morpholine rings is 1. The van der Waals surface area contributed by atoms with Crippen molar-refractivity contribution >= 4 is 5.91 Å². The summed E-state index contributed by atoms with van der Waals surface area (Å²) in [6, 6.07) is 6.38. The highest BCUT2D eigenvalue weighted by Gasteiger charge is 2.31. The molecule has 1 aromatic carbocycles. The van der Waals surface area contributed by atoms with Gasteiger partial charge in [0.1, 0.15) is 6.26 Å². The Morgan fingerprint density at radius 1 is 1.15 bits per heavy atom. The monoisotopic (exact) mass is 368 g/mol. The Bertz CT molecular complexity index is 708. The van der Waals surface area contributed by atoms with Crippen LogP contribution in [0.4, 0.5) is 13.2 Å². The molecule has 1 aromatic heterocycles. The molecule has 1 aliphatic heterocycles. The smallest absolute Gasteiger partial charge is 0.416 e. The van der Waals surface area contributed by atoms with Gasteiger partial charge in [-0.1, -0.05) is 12.1 Å². The van der Waals surface area contributed by atoms with Crippen LogP contribution < -0.4 is 5.32 Å². The van der Waals surface area contributed by atoms with Gasteiger partial charge in [0, 0.05) is 19.6 Å². The van der Waals surface area contributed by atoms with Crippen molar-refractivity contribution in [2.24, 2.45) is 0 Å². The van der Waals surface area contributed by atoms with Crippen molar-refractivity contribution in [3.05, 3.63) is 59.5 Å². The number of carbonyl (C=O) groups is 1. The van der Waals surface area contributed by atoms with Gasteiger partial charge in [0.2, 0.25) is 0 Å². The fraction of sp³-hybridized carbons (Fsp3) is 0.389. The van der Waals surface area contributed by atoms with Crippen LogP contribution in [0.2, 0.25) is 0 Å². The predicted octanol–water partition coefficient (Wildman–Crippen LogP) is 3.10. The number of benzene rings is 1. The van der Waals surface area contributed by atoms with Gasteiger partial charge in [0.25, 0.3) is 5.91 Å². The van der Waals surface area contributed by atoms with Crippen LogP contribution in [0.25, 0.3) is 0 Å². The van der Waals surface area contributed by atoms with Crippen LogP contribution in [0, 0.1) is 0 Å². The van der Waals surface area contributed by atoms with Gasteiger partial charge in [-0.25, -0.2) is 0 Å². The first-order valence-electron chi connectivity index (χ1n) is 8.24. The summed E-state index contributed by atoms with van der Waals surface area (Å²) in [4.78, 5) is 14.2. The second kappa shape index (κ2) is 7.92. The molecule has 2 heterocycles. The number of amides is 1. The van der Waals surface area contributed by atoms with Crippen LogP contribution in [0.1, 0.15) is 27.5 Å². The number of furan rings is 1. The first-order chi connectivity index (χ1) is 12.4. The molecule has 1 amide bonds. The normalized spacial score (nSPS) is 17.0. The van der Waals surface area contributed by atoms with Crippen LogP contribution in [0.15, 0.2) is 47.3 Å². The molecule has 3 rings (SSSR count). The van der Waals surface area contributed by atoms with E-state index >= 15 is 0 Å². The Kier molecular flexibility index (Phi) is 5.63. The quantitative estimate of drug-likeness (QED) is 0.881. The highest BCUT2D eigenvalue weighted by atomic mass is 19.4. The molecule has 0 aliphatic carbocycles. The van der Waals surface area contributed by atoms with E-state index in [0.717, 1.165) is 12.1 Å². The molecule has 5 nitrogen and oxygen atoms in total. The number of halogens is 3. The molecule has 1 N–H and O–H groups in total. The zero-order valence-corrected chi connectivity index (χ0v) is 14.0. The molecular formula is C18H19F3N2O3. The van der Waals surface area contributed by atoms with Crippen molar-refractivity contribution in [3.63, 3.8) is 0 Å². The summed E-state index contributed by atoms with van der Waals surface area (Å²) in [5.41, 5.74) is 0.426. The summed E-state index contributed by atoms with van der Waals surface area (Å²) < 4.78 is 48.6. The zero-order valence-electron chi connectivity index (χ0n) is 14.0.